The lowest BCUT2D eigenvalue weighted by Gasteiger charge is -2.08. The molecule has 3 nitrogen and oxygen atoms in total. The van der Waals surface area contributed by atoms with Gasteiger partial charge in [0.2, 0.25) is 0 Å². The first-order valence-corrected chi connectivity index (χ1v) is 6.00. The number of hydrogen-bond acceptors (Lipinski definition) is 2. The summed E-state index contributed by atoms with van der Waals surface area (Å²) >= 11 is 1.92. The smallest absolute Gasteiger partial charge is 0.252 e. The van der Waals surface area contributed by atoms with Gasteiger partial charge in [-0.1, -0.05) is 0 Å². The summed E-state index contributed by atoms with van der Waals surface area (Å²) < 4.78 is 13.4. The summed E-state index contributed by atoms with van der Waals surface area (Å²) in [5.41, 5.74) is 0.451. The largest absolute Gasteiger partial charge is 0.393 e. The maximum absolute atomic E-state index is 12.8. The van der Waals surface area contributed by atoms with Gasteiger partial charge in [-0.25, -0.2) is 4.39 Å². The average Bonchev–Trinajstić information content (AvgIpc) is 2.16. The number of aliphatic hydroxyl groups is 1. The Morgan fingerprint density at radius 3 is 2.88 bits per heavy atom. The van der Waals surface area contributed by atoms with Gasteiger partial charge in [0.15, 0.2) is 0 Å². The number of aliphatic hydroxyl groups excluding tert-OH is 1. The van der Waals surface area contributed by atoms with E-state index in [1.807, 2.05) is 22.6 Å². The highest BCUT2D eigenvalue weighted by Gasteiger charge is 2.10. The first-order chi connectivity index (χ1) is 7.50. The van der Waals surface area contributed by atoms with Crippen LogP contribution in [0.4, 0.5) is 4.39 Å². The average molecular weight is 337 g/mol. The predicted molar refractivity (Wildman–Crippen MR) is 67.7 cm³/mol. The quantitative estimate of drug-likeness (QED) is 0.825. The SMILES string of the molecule is CC(O)CCNC(=O)c1ccc(F)cc1I. The van der Waals surface area contributed by atoms with Crippen molar-refractivity contribution in [3.05, 3.63) is 33.1 Å². The molecule has 1 aromatic rings. The highest BCUT2D eigenvalue weighted by molar-refractivity contribution is 14.1. The van der Waals surface area contributed by atoms with Gasteiger partial charge in [-0.15, -0.1) is 0 Å². The maximum atomic E-state index is 12.8. The van der Waals surface area contributed by atoms with Crippen molar-refractivity contribution in [1.82, 2.24) is 5.32 Å². The second-order valence-corrected chi connectivity index (χ2v) is 4.68. The van der Waals surface area contributed by atoms with Crippen LogP contribution in [0.1, 0.15) is 23.7 Å². The first kappa shape index (κ1) is 13.4. The van der Waals surface area contributed by atoms with E-state index in [0.29, 0.717) is 22.1 Å². The van der Waals surface area contributed by atoms with Gasteiger partial charge in [0, 0.05) is 10.1 Å². The van der Waals surface area contributed by atoms with Gasteiger partial charge in [0.25, 0.3) is 5.91 Å². The fraction of sp³-hybridized carbons (Fsp3) is 0.364. The number of carbonyl (C=O) groups is 1. The molecule has 0 saturated carbocycles. The molecule has 0 aliphatic carbocycles. The molecule has 0 heterocycles. The number of hydrogen-bond donors (Lipinski definition) is 2. The fourth-order valence-corrected chi connectivity index (χ4v) is 1.89. The topological polar surface area (TPSA) is 49.3 Å². The molecule has 16 heavy (non-hydrogen) atoms. The lowest BCUT2D eigenvalue weighted by Crippen LogP contribution is -2.27. The zero-order chi connectivity index (χ0) is 12.1. The molecule has 0 spiro atoms. The highest BCUT2D eigenvalue weighted by atomic mass is 127. The van der Waals surface area contributed by atoms with Gasteiger partial charge in [-0.3, -0.25) is 4.79 Å². The third-order valence-electron chi connectivity index (χ3n) is 2.02. The zero-order valence-electron chi connectivity index (χ0n) is 8.84. The van der Waals surface area contributed by atoms with Crippen molar-refractivity contribution in [3.8, 4) is 0 Å². The van der Waals surface area contributed by atoms with Gasteiger partial charge in [0.1, 0.15) is 5.82 Å². The van der Waals surface area contributed by atoms with Gasteiger partial charge in [0.05, 0.1) is 11.7 Å². The number of rotatable bonds is 4. The molecule has 1 unspecified atom stereocenters. The molecule has 0 aromatic heterocycles. The minimum absolute atomic E-state index is 0.245. The first-order valence-electron chi connectivity index (χ1n) is 4.92. The molecule has 0 radical (unpaired) electrons. The number of carbonyl (C=O) groups excluding carboxylic acids is 1. The molecule has 0 aliphatic rings. The van der Waals surface area contributed by atoms with Crippen LogP contribution in [0.25, 0.3) is 0 Å². The Bertz CT molecular complexity index is 382. The van der Waals surface area contributed by atoms with E-state index in [9.17, 15) is 9.18 Å². The maximum Gasteiger partial charge on any atom is 0.252 e. The Balaban J connectivity index is 2.59. The number of benzene rings is 1. The highest BCUT2D eigenvalue weighted by Crippen LogP contribution is 2.13. The van der Waals surface area contributed by atoms with Crippen molar-refractivity contribution in [3.63, 3.8) is 0 Å². The van der Waals surface area contributed by atoms with Gasteiger partial charge in [-0.2, -0.15) is 0 Å². The summed E-state index contributed by atoms with van der Waals surface area (Å²) in [7, 11) is 0. The van der Waals surface area contributed by atoms with Crippen molar-refractivity contribution in [2.45, 2.75) is 19.4 Å². The van der Waals surface area contributed by atoms with Gasteiger partial charge >= 0.3 is 0 Å². The molecule has 88 valence electrons. The van der Waals surface area contributed by atoms with E-state index in [0.717, 1.165) is 0 Å². The minimum atomic E-state index is -0.437. The van der Waals surface area contributed by atoms with Crippen LogP contribution in [-0.2, 0) is 0 Å². The van der Waals surface area contributed by atoms with Crippen molar-refractivity contribution >= 4 is 28.5 Å². The molecular formula is C11H13FINO2. The van der Waals surface area contributed by atoms with E-state index < -0.39 is 6.10 Å². The molecule has 2 N–H and O–H groups in total. The van der Waals surface area contributed by atoms with Crippen LogP contribution >= 0.6 is 22.6 Å². The fourth-order valence-electron chi connectivity index (χ4n) is 1.16. The van der Waals surface area contributed by atoms with E-state index in [1.54, 1.807) is 6.92 Å². The molecule has 1 aromatic carbocycles. The normalized spacial score (nSPS) is 12.2. The summed E-state index contributed by atoms with van der Waals surface area (Å²) in [6.45, 7) is 2.07. The van der Waals surface area contributed by atoms with Crippen LogP contribution in [0, 0.1) is 9.39 Å². The lowest BCUT2D eigenvalue weighted by atomic mass is 10.2. The second-order valence-electron chi connectivity index (χ2n) is 3.52. The molecule has 1 atom stereocenters. The van der Waals surface area contributed by atoms with E-state index in [4.69, 9.17) is 5.11 Å². The molecule has 5 heteroatoms. The zero-order valence-corrected chi connectivity index (χ0v) is 11.0. The predicted octanol–water partition coefficient (Wildman–Crippen LogP) is 1.93. The summed E-state index contributed by atoms with van der Waals surface area (Å²) in [5.74, 6) is -0.602. The summed E-state index contributed by atoms with van der Waals surface area (Å²) in [5, 5.41) is 11.7. The Morgan fingerprint density at radius 1 is 1.62 bits per heavy atom. The molecule has 0 saturated heterocycles. The van der Waals surface area contributed by atoms with Crippen LogP contribution in [-0.4, -0.2) is 23.7 Å². The number of amides is 1. The van der Waals surface area contributed by atoms with Gasteiger partial charge in [-0.05, 0) is 54.1 Å². The van der Waals surface area contributed by atoms with Crippen LogP contribution < -0.4 is 5.32 Å². The number of nitrogens with one attached hydrogen (secondary N) is 1. The van der Waals surface area contributed by atoms with E-state index in [-0.39, 0.29) is 11.7 Å². The van der Waals surface area contributed by atoms with Crippen LogP contribution in [0.2, 0.25) is 0 Å². The van der Waals surface area contributed by atoms with Gasteiger partial charge < -0.3 is 10.4 Å². The second kappa shape index (κ2) is 6.15. The Hall–Kier alpha value is -0.690. The van der Waals surface area contributed by atoms with Crippen molar-refractivity contribution in [1.29, 1.82) is 0 Å². The standard InChI is InChI=1S/C11H13FINO2/c1-7(15)4-5-14-11(16)9-3-2-8(12)6-10(9)13/h2-3,6-7,15H,4-5H2,1H3,(H,14,16). The van der Waals surface area contributed by atoms with E-state index in [2.05, 4.69) is 5.32 Å². The molecule has 1 amide bonds. The molecule has 0 aliphatic heterocycles. The molecule has 0 bridgehead atoms. The Labute approximate surface area is 107 Å². The summed E-state index contributed by atoms with van der Waals surface area (Å²) in [6, 6.07) is 4.02. The van der Waals surface area contributed by atoms with Crippen LogP contribution in [0.5, 0.6) is 0 Å². The third-order valence-corrected chi connectivity index (χ3v) is 2.92. The van der Waals surface area contributed by atoms with E-state index >= 15 is 0 Å². The summed E-state index contributed by atoms with van der Waals surface area (Å²) in [4.78, 5) is 11.6. The Kier molecular flexibility index (Phi) is 5.14. The van der Waals surface area contributed by atoms with Crippen LogP contribution in [0.15, 0.2) is 18.2 Å². The monoisotopic (exact) mass is 337 g/mol. The van der Waals surface area contributed by atoms with Crippen LogP contribution in [0.3, 0.4) is 0 Å². The lowest BCUT2D eigenvalue weighted by molar-refractivity contribution is 0.0944. The third kappa shape index (κ3) is 4.05. The van der Waals surface area contributed by atoms with Crippen molar-refractivity contribution in [2.75, 3.05) is 6.54 Å². The molecule has 1 rings (SSSR count). The van der Waals surface area contributed by atoms with E-state index in [1.165, 1.54) is 18.2 Å². The molecule has 0 fully saturated rings. The van der Waals surface area contributed by atoms with Crippen molar-refractivity contribution < 1.29 is 14.3 Å². The van der Waals surface area contributed by atoms with Crippen molar-refractivity contribution in [2.24, 2.45) is 0 Å². The minimum Gasteiger partial charge on any atom is -0.393 e. The summed E-state index contributed by atoms with van der Waals surface area (Å²) in [6.07, 6.45) is 0.0661. The molecular weight excluding hydrogens is 324 g/mol. The number of halogens is 2. The Morgan fingerprint density at radius 2 is 2.31 bits per heavy atom.